The van der Waals surface area contributed by atoms with Gasteiger partial charge in [-0.05, 0) is 39.0 Å². The highest BCUT2D eigenvalue weighted by atomic mass is 35.5. The number of nitrogens with one attached hydrogen (secondary N) is 1. The van der Waals surface area contributed by atoms with E-state index in [2.05, 4.69) is 10.4 Å². The summed E-state index contributed by atoms with van der Waals surface area (Å²) >= 11 is 6.09. The lowest BCUT2D eigenvalue weighted by Crippen LogP contribution is -2.37. The van der Waals surface area contributed by atoms with Gasteiger partial charge in [0.2, 0.25) is 5.91 Å². The quantitative estimate of drug-likeness (QED) is 0.820. The van der Waals surface area contributed by atoms with E-state index in [4.69, 9.17) is 16.0 Å². The van der Waals surface area contributed by atoms with Crippen LogP contribution >= 0.6 is 11.6 Å². The molecule has 0 saturated heterocycles. The number of furan rings is 1. The first-order valence-corrected chi connectivity index (χ1v) is 7.53. The van der Waals surface area contributed by atoms with Gasteiger partial charge < -0.3 is 14.8 Å². The SMILES string of the molecule is Cc1ccc(C(C)(O)CNC(=O)C=Cc2c(C)nn(C)c2Cl)o1. The molecule has 0 aliphatic heterocycles. The van der Waals surface area contributed by atoms with E-state index in [1.807, 2.05) is 6.92 Å². The molecule has 1 unspecified atom stereocenters. The molecule has 0 aliphatic carbocycles. The smallest absolute Gasteiger partial charge is 0.244 e. The molecule has 0 spiro atoms. The zero-order chi connectivity index (χ0) is 17.2. The molecule has 124 valence electrons. The van der Waals surface area contributed by atoms with Gasteiger partial charge in [0.1, 0.15) is 22.3 Å². The minimum atomic E-state index is -1.28. The average molecular weight is 338 g/mol. The number of carbonyl (C=O) groups is 1. The third-order valence-electron chi connectivity index (χ3n) is 3.48. The van der Waals surface area contributed by atoms with E-state index >= 15 is 0 Å². The van der Waals surface area contributed by atoms with Crippen LogP contribution in [0.2, 0.25) is 5.15 Å². The molecule has 2 rings (SSSR count). The van der Waals surface area contributed by atoms with E-state index in [1.54, 1.807) is 43.8 Å². The van der Waals surface area contributed by atoms with Gasteiger partial charge in [0.25, 0.3) is 0 Å². The number of aliphatic hydroxyl groups is 1. The minimum absolute atomic E-state index is 0.0306. The fourth-order valence-electron chi connectivity index (χ4n) is 2.12. The maximum absolute atomic E-state index is 11.9. The lowest BCUT2D eigenvalue weighted by atomic mass is 10.0. The first-order valence-electron chi connectivity index (χ1n) is 7.15. The van der Waals surface area contributed by atoms with Crippen molar-refractivity contribution in [3.8, 4) is 0 Å². The Morgan fingerprint density at radius 1 is 1.52 bits per heavy atom. The molecule has 6 nitrogen and oxygen atoms in total. The number of aromatic nitrogens is 2. The molecule has 1 atom stereocenters. The van der Waals surface area contributed by atoms with Crippen LogP contribution in [0.4, 0.5) is 0 Å². The second-order valence-corrected chi connectivity index (χ2v) is 6.01. The molecule has 23 heavy (non-hydrogen) atoms. The molecule has 0 aromatic carbocycles. The van der Waals surface area contributed by atoms with Crippen LogP contribution < -0.4 is 5.32 Å². The van der Waals surface area contributed by atoms with Crippen LogP contribution in [-0.4, -0.2) is 27.3 Å². The summed E-state index contributed by atoms with van der Waals surface area (Å²) < 4.78 is 6.94. The second kappa shape index (κ2) is 6.60. The van der Waals surface area contributed by atoms with E-state index in [1.165, 1.54) is 6.08 Å². The number of rotatable bonds is 5. The highest BCUT2D eigenvalue weighted by Gasteiger charge is 2.27. The Labute approximate surface area is 139 Å². The zero-order valence-corrected chi connectivity index (χ0v) is 14.3. The third kappa shape index (κ3) is 4.03. The Kier molecular flexibility index (Phi) is 4.97. The van der Waals surface area contributed by atoms with Crippen molar-refractivity contribution in [2.24, 2.45) is 7.05 Å². The Hall–Kier alpha value is -2.05. The van der Waals surface area contributed by atoms with Gasteiger partial charge in [-0.3, -0.25) is 9.48 Å². The van der Waals surface area contributed by atoms with Crippen molar-refractivity contribution in [3.63, 3.8) is 0 Å². The number of aryl methyl sites for hydroxylation is 3. The van der Waals surface area contributed by atoms with Gasteiger partial charge in [-0.1, -0.05) is 11.6 Å². The standard InChI is InChI=1S/C16H20ClN3O3/c1-10-5-7-13(23-10)16(3,22)9-18-14(21)8-6-12-11(2)19-20(4)15(12)17/h5-8,22H,9H2,1-4H3,(H,18,21). The summed E-state index contributed by atoms with van der Waals surface area (Å²) in [6.45, 7) is 5.22. The summed E-state index contributed by atoms with van der Waals surface area (Å²) in [4.78, 5) is 11.9. The number of carbonyl (C=O) groups excluding carboxylic acids is 1. The van der Waals surface area contributed by atoms with Gasteiger partial charge >= 0.3 is 0 Å². The van der Waals surface area contributed by atoms with Gasteiger partial charge in [-0.2, -0.15) is 5.10 Å². The Bertz CT molecular complexity index is 744. The van der Waals surface area contributed by atoms with E-state index in [-0.39, 0.29) is 12.5 Å². The predicted octanol–water partition coefficient (Wildman–Crippen LogP) is 2.32. The van der Waals surface area contributed by atoms with Crippen LogP contribution in [0.15, 0.2) is 22.6 Å². The first-order chi connectivity index (χ1) is 10.7. The van der Waals surface area contributed by atoms with Crippen molar-refractivity contribution in [1.82, 2.24) is 15.1 Å². The molecule has 2 N–H and O–H groups in total. The van der Waals surface area contributed by atoms with Crippen molar-refractivity contribution in [2.75, 3.05) is 6.54 Å². The maximum atomic E-state index is 11.9. The van der Waals surface area contributed by atoms with Crippen LogP contribution in [-0.2, 0) is 17.4 Å². The summed E-state index contributed by atoms with van der Waals surface area (Å²) in [6, 6.07) is 3.45. The van der Waals surface area contributed by atoms with Crippen LogP contribution in [0.3, 0.4) is 0 Å². The van der Waals surface area contributed by atoms with Gasteiger partial charge in [-0.15, -0.1) is 0 Å². The summed E-state index contributed by atoms with van der Waals surface area (Å²) in [5.74, 6) is 0.770. The number of hydrogen-bond acceptors (Lipinski definition) is 4. The van der Waals surface area contributed by atoms with Crippen LogP contribution in [0.5, 0.6) is 0 Å². The number of amides is 1. The molecule has 7 heteroatoms. The summed E-state index contributed by atoms with van der Waals surface area (Å²) in [5.41, 5.74) is 0.150. The van der Waals surface area contributed by atoms with Gasteiger partial charge in [0, 0.05) is 18.7 Å². The van der Waals surface area contributed by atoms with E-state index < -0.39 is 5.60 Å². The molecule has 2 heterocycles. The van der Waals surface area contributed by atoms with Crippen molar-refractivity contribution in [1.29, 1.82) is 0 Å². The van der Waals surface area contributed by atoms with Crippen molar-refractivity contribution < 1.29 is 14.3 Å². The minimum Gasteiger partial charge on any atom is -0.463 e. The van der Waals surface area contributed by atoms with Crippen molar-refractivity contribution in [3.05, 3.63) is 46.1 Å². The normalized spacial score (nSPS) is 14.2. The predicted molar refractivity (Wildman–Crippen MR) is 88.0 cm³/mol. The molecule has 0 fully saturated rings. The number of nitrogens with zero attached hydrogens (tertiary/aromatic N) is 2. The van der Waals surface area contributed by atoms with Gasteiger partial charge in [0.05, 0.1) is 12.2 Å². The largest absolute Gasteiger partial charge is 0.463 e. The molecular weight excluding hydrogens is 318 g/mol. The first kappa shape index (κ1) is 17.3. The fraction of sp³-hybridized carbons (Fsp3) is 0.375. The average Bonchev–Trinajstić information content (AvgIpc) is 3.01. The maximum Gasteiger partial charge on any atom is 0.244 e. The zero-order valence-electron chi connectivity index (χ0n) is 13.6. The van der Waals surface area contributed by atoms with E-state index in [0.717, 1.165) is 5.69 Å². The molecule has 0 saturated carbocycles. The van der Waals surface area contributed by atoms with Crippen LogP contribution in [0.25, 0.3) is 6.08 Å². The van der Waals surface area contributed by atoms with Crippen LogP contribution in [0, 0.1) is 13.8 Å². The molecule has 0 bridgehead atoms. The molecule has 2 aromatic heterocycles. The monoisotopic (exact) mass is 337 g/mol. The third-order valence-corrected chi connectivity index (χ3v) is 3.92. The Morgan fingerprint density at radius 3 is 2.74 bits per heavy atom. The topological polar surface area (TPSA) is 80.3 Å². The van der Waals surface area contributed by atoms with Crippen LogP contribution in [0.1, 0.15) is 29.7 Å². The van der Waals surface area contributed by atoms with Gasteiger partial charge in [0.15, 0.2) is 0 Å². The van der Waals surface area contributed by atoms with Crippen molar-refractivity contribution in [2.45, 2.75) is 26.4 Å². The summed E-state index contributed by atoms with van der Waals surface area (Å²) in [5, 5.41) is 17.6. The molecule has 0 radical (unpaired) electrons. The Morgan fingerprint density at radius 2 is 2.22 bits per heavy atom. The van der Waals surface area contributed by atoms with E-state index in [9.17, 15) is 9.90 Å². The second-order valence-electron chi connectivity index (χ2n) is 5.65. The number of halogens is 1. The molecule has 2 aromatic rings. The van der Waals surface area contributed by atoms with E-state index in [0.29, 0.717) is 22.2 Å². The summed E-state index contributed by atoms with van der Waals surface area (Å²) in [7, 11) is 1.73. The highest BCUT2D eigenvalue weighted by Crippen LogP contribution is 2.22. The Balaban J connectivity index is 1.98. The number of hydrogen-bond donors (Lipinski definition) is 2. The highest BCUT2D eigenvalue weighted by molar-refractivity contribution is 6.31. The fourth-order valence-corrected chi connectivity index (χ4v) is 2.36. The molecular formula is C16H20ClN3O3. The van der Waals surface area contributed by atoms with Crippen molar-refractivity contribution >= 4 is 23.6 Å². The van der Waals surface area contributed by atoms with Gasteiger partial charge in [-0.25, -0.2) is 0 Å². The lowest BCUT2D eigenvalue weighted by Gasteiger charge is -2.20. The molecule has 1 amide bonds. The lowest BCUT2D eigenvalue weighted by molar-refractivity contribution is -0.117. The molecule has 0 aliphatic rings. The summed E-state index contributed by atoms with van der Waals surface area (Å²) in [6.07, 6.45) is 2.96.